The standard InChI is InChI=1S/C9H7N3O2S.C7H11F3/c1-12-3-5-4-2-6(9(13)14)15-8(4)10-7(5)11-12;8-7(9,10)6-4-2-1-3-5-6/h2-3H,1H3,(H,10,11)(H,13,14);6H,1-5H2. The number of aromatic nitrogens is 3. The summed E-state index contributed by atoms with van der Waals surface area (Å²) in [4.78, 5) is 15.1. The van der Waals surface area contributed by atoms with Crippen molar-refractivity contribution in [1.29, 1.82) is 0 Å². The van der Waals surface area contributed by atoms with E-state index in [1.807, 2.05) is 13.2 Å². The van der Waals surface area contributed by atoms with Crippen LogP contribution in [0.2, 0.25) is 0 Å². The van der Waals surface area contributed by atoms with E-state index in [1.54, 1.807) is 10.7 Å². The topological polar surface area (TPSA) is 70.9 Å². The SMILES string of the molecule is Cn1cc2c(n1)[nH]c1sc(C(=O)O)cc12.FC(F)(F)C1CCCCC1. The number of H-pyrrole nitrogens is 1. The van der Waals surface area contributed by atoms with E-state index in [1.165, 1.54) is 11.3 Å². The molecule has 1 fully saturated rings. The molecule has 0 amide bonds. The van der Waals surface area contributed by atoms with Gasteiger partial charge in [0, 0.05) is 24.0 Å². The molecule has 9 heteroatoms. The van der Waals surface area contributed by atoms with E-state index in [-0.39, 0.29) is 0 Å². The summed E-state index contributed by atoms with van der Waals surface area (Å²) in [6.45, 7) is 0. The van der Waals surface area contributed by atoms with Crippen LogP contribution in [0, 0.1) is 5.92 Å². The number of fused-ring (bicyclic) bond motifs is 3. The summed E-state index contributed by atoms with van der Waals surface area (Å²) in [7, 11) is 1.84. The molecule has 0 bridgehead atoms. The third-order valence-corrected chi connectivity index (χ3v) is 5.40. The third kappa shape index (κ3) is 3.81. The number of carboxylic acids is 1. The molecule has 0 aromatic carbocycles. The molecule has 3 aromatic heterocycles. The maximum absolute atomic E-state index is 11.9. The van der Waals surface area contributed by atoms with Crippen LogP contribution in [0.3, 0.4) is 0 Å². The van der Waals surface area contributed by atoms with Crippen molar-refractivity contribution in [2.45, 2.75) is 38.3 Å². The number of aromatic amines is 1. The van der Waals surface area contributed by atoms with E-state index >= 15 is 0 Å². The molecule has 0 atom stereocenters. The summed E-state index contributed by atoms with van der Waals surface area (Å²) in [6.07, 6.45) is 1.14. The molecule has 1 saturated carbocycles. The molecular weight excluding hydrogens is 355 g/mol. The van der Waals surface area contributed by atoms with E-state index in [0.29, 0.717) is 17.7 Å². The van der Waals surface area contributed by atoms with Gasteiger partial charge < -0.3 is 10.1 Å². The van der Waals surface area contributed by atoms with Crippen LogP contribution in [0.4, 0.5) is 13.2 Å². The Balaban J connectivity index is 0.000000160. The maximum atomic E-state index is 11.9. The molecule has 0 spiro atoms. The normalized spacial score (nSPS) is 16.2. The van der Waals surface area contributed by atoms with Crippen molar-refractivity contribution in [3.05, 3.63) is 17.1 Å². The van der Waals surface area contributed by atoms with Crippen LogP contribution >= 0.6 is 11.3 Å². The van der Waals surface area contributed by atoms with E-state index in [9.17, 15) is 18.0 Å². The first-order chi connectivity index (χ1) is 11.8. The second-order valence-corrected chi connectivity index (χ2v) is 7.28. The lowest BCUT2D eigenvalue weighted by Crippen LogP contribution is -2.24. The Morgan fingerprint density at radius 2 is 2.00 bits per heavy atom. The van der Waals surface area contributed by atoms with Gasteiger partial charge in [0.1, 0.15) is 9.71 Å². The Bertz CT molecular complexity index is 888. The largest absolute Gasteiger partial charge is 0.477 e. The fraction of sp³-hybridized carbons (Fsp3) is 0.500. The zero-order chi connectivity index (χ0) is 18.2. The van der Waals surface area contributed by atoms with Crippen molar-refractivity contribution in [2.75, 3.05) is 0 Å². The molecule has 0 unspecified atom stereocenters. The van der Waals surface area contributed by atoms with Gasteiger partial charge in [-0.05, 0) is 18.9 Å². The third-order valence-electron chi connectivity index (χ3n) is 4.36. The Labute approximate surface area is 145 Å². The quantitative estimate of drug-likeness (QED) is 0.634. The Kier molecular flexibility index (Phi) is 4.77. The highest BCUT2D eigenvalue weighted by Crippen LogP contribution is 2.37. The number of nitrogens with zero attached hydrogens (tertiary/aromatic N) is 2. The molecule has 136 valence electrons. The number of thiophene rings is 1. The average Bonchev–Trinajstić information content (AvgIpc) is 3.18. The first-order valence-electron chi connectivity index (χ1n) is 8.00. The number of carboxylic acid groups (broad SMARTS) is 1. The van der Waals surface area contributed by atoms with Gasteiger partial charge in [0.15, 0.2) is 5.65 Å². The summed E-state index contributed by atoms with van der Waals surface area (Å²) in [5, 5.41) is 15.0. The lowest BCUT2D eigenvalue weighted by molar-refractivity contribution is -0.181. The molecule has 3 aromatic rings. The van der Waals surface area contributed by atoms with Gasteiger partial charge in [0.05, 0.1) is 5.92 Å². The van der Waals surface area contributed by atoms with Crippen LogP contribution in [0.25, 0.3) is 21.3 Å². The van der Waals surface area contributed by atoms with E-state index < -0.39 is 18.1 Å². The Hall–Kier alpha value is -2.03. The van der Waals surface area contributed by atoms with E-state index in [0.717, 1.165) is 40.5 Å². The number of rotatable bonds is 1. The minimum absolute atomic E-state index is 0.349. The molecule has 0 radical (unpaired) electrons. The molecule has 5 nitrogen and oxygen atoms in total. The van der Waals surface area contributed by atoms with Crippen molar-refractivity contribution in [3.8, 4) is 0 Å². The minimum Gasteiger partial charge on any atom is -0.477 e. The summed E-state index contributed by atoms with van der Waals surface area (Å²) in [6, 6.07) is 1.68. The smallest absolute Gasteiger partial charge is 0.391 e. The van der Waals surface area contributed by atoms with Crippen LogP contribution in [-0.2, 0) is 7.05 Å². The summed E-state index contributed by atoms with van der Waals surface area (Å²) < 4.78 is 37.5. The molecule has 1 aliphatic carbocycles. The van der Waals surface area contributed by atoms with Crippen molar-refractivity contribution in [1.82, 2.24) is 14.8 Å². The van der Waals surface area contributed by atoms with Crippen LogP contribution in [0.5, 0.6) is 0 Å². The van der Waals surface area contributed by atoms with Crippen LogP contribution in [-0.4, -0.2) is 32.0 Å². The number of carbonyl (C=O) groups is 1. The van der Waals surface area contributed by atoms with Crippen LogP contribution in [0.15, 0.2) is 12.3 Å². The van der Waals surface area contributed by atoms with Crippen molar-refractivity contribution >= 4 is 38.6 Å². The molecule has 0 aliphatic heterocycles. The van der Waals surface area contributed by atoms with Crippen LogP contribution < -0.4 is 0 Å². The summed E-state index contributed by atoms with van der Waals surface area (Å²) in [5.74, 6) is -1.89. The maximum Gasteiger partial charge on any atom is 0.391 e. The molecular formula is C16H18F3N3O2S. The minimum atomic E-state index is -3.93. The molecule has 1 aliphatic rings. The second-order valence-electron chi connectivity index (χ2n) is 6.23. The first kappa shape index (κ1) is 17.8. The number of aromatic carboxylic acids is 1. The van der Waals surface area contributed by atoms with Gasteiger partial charge in [-0.3, -0.25) is 4.68 Å². The number of alkyl halides is 3. The molecule has 4 rings (SSSR count). The van der Waals surface area contributed by atoms with Gasteiger partial charge in [0.2, 0.25) is 0 Å². The number of halogens is 3. The van der Waals surface area contributed by atoms with Crippen molar-refractivity contribution < 1.29 is 23.1 Å². The van der Waals surface area contributed by atoms with E-state index in [4.69, 9.17) is 5.11 Å². The molecule has 25 heavy (non-hydrogen) atoms. The van der Waals surface area contributed by atoms with E-state index in [2.05, 4.69) is 10.1 Å². The number of hydrogen-bond donors (Lipinski definition) is 2. The van der Waals surface area contributed by atoms with Crippen LogP contribution in [0.1, 0.15) is 41.8 Å². The lowest BCUT2D eigenvalue weighted by atomic mass is 9.89. The molecule has 3 heterocycles. The highest BCUT2D eigenvalue weighted by molar-refractivity contribution is 7.20. The number of hydrogen-bond acceptors (Lipinski definition) is 3. The fourth-order valence-electron chi connectivity index (χ4n) is 3.10. The molecule has 2 N–H and O–H groups in total. The predicted molar refractivity (Wildman–Crippen MR) is 90.0 cm³/mol. The highest BCUT2D eigenvalue weighted by atomic mass is 32.1. The predicted octanol–water partition coefficient (Wildman–Crippen LogP) is 4.94. The average molecular weight is 373 g/mol. The molecule has 0 saturated heterocycles. The van der Waals surface area contributed by atoms with Gasteiger partial charge in [-0.2, -0.15) is 18.3 Å². The van der Waals surface area contributed by atoms with Gasteiger partial charge >= 0.3 is 12.1 Å². The highest BCUT2D eigenvalue weighted by Gasteiger charge is 2.39. The summed E-state index contributed by atoms with van der Waals surface area (Å²) in [5.41, 5.74) is 0.802. The Morgan fingerprint density at radius 1 is 1.32 bits per heavy atom. The number of nitrogens with one attached hydrogen (secondary N) is 1. The van der Waals surface area contributed by atoms with Crippen molar-refractivity contribution in [3.63, 3.8) is 0 Å². The lowest BCUT2D eigenvalue weighted by Gasteiger charge is -2.23. The second kappa shape index (κ2) is 6.70. The van der Waals surface area contributed by atoms with Gasteiger partial charge in [0.25, 0.3) is 0 Å². The van der Waals surface area contributed by atoms with Crippen molar-refractivity contribution in [2.24, 2.45) is 13.0 Å². The monoisotopic (exact) mass is 373 g/mol. The van der Waals surface area contributed by atoms with Gasteiger partial charge in [-0.25, -0.2) is 4.79 Å². The first-order valence-corrected chi connectivity index (χ1v) is 8.82. The van der Waals surface area contributed by atoms with Gasteiger partial charge in [-0.15, -0.1) is 11.3 Å². The zero-order valence-electron chi connectivity index (χ0n) is 13.6. The van der Waals surface area contributed by atoms with Gasteiger partial charge in [-0.1, -0.05) is 19.3 Å². The zero-order valence-corrected chi connectivity index (χ0v) is 14.4. The Morgan fingerprint density at radius 3 is 2.56 bits per heavy atom. The summed E-state index contributed by atoms with van der Waals surface area (Å²) >= 11 is 1.24. The fourth-order valence-corrected chi connectivity index (χ4v) is 4.02. The number of aryl methyl sites for hydroxylation is 1.